The molecule has 0 saturated carbocycles. The summed E-state index contributed by atoms with van der Waals surface area (Å²) in [5, 5.41) is 2.76. The van der Waals surface area contributed by atoms with Crippen molar-refractivity contribution in [1.29, 1.82) is 0 Å². The zero-order valence-corrected chi connectivity index (χ0v) is 17.2. The van der Waals surface area contributed by atoms with Crippen molar-refractivity contribution >= 4 is 5.91 Å². The smallest absolute Gasteiger partial charge is 0.257 e. The molecule has 4 aromatic rings. The molecule has 0 aliphatic carbocycles. The van der Waals surface area contributed by atoms with Gasteiger partial charge in [0.05, 0.1) is 6.20 Å². The Kier molecular flexibility index (Phi) is 6.72. The summed E-state index contributed by atoms with van der Waals surface area (Å²) in [6.45, 7) is 0.759. The van der Waals surface area contributed by atoms with Crippen molar-refractivity contribution in [3.63, 3.8) is 0 Å². The number of hydrogen-bond acceptors (Lipinski definition) is 4. The number of nitrogens with one attached hydrogen (secondary N) is 1. The lowest BCUT2D eigenvalue weighted by molar-refractivity contribution is 0.0947. The summed E-state index contributed by atoms with van der Waals surface area (Å²) in [5.41, 5.74) is 2.01. The molecule has 1 N–H and O–H groups in total. The molecule has 5 nitrogen and oxygen atoms in total. The maximum atomic E-state index is 13.8. The molecule has 0 atom stereocenters. The van der Waals surface area contributed by atoms with E-state index in [4.69, 9.17) is 9.47 Å². The summed E-state index contributed by atoms with van der Waals surface area (Å²) < 4.78 is 25.3. The van der Waals surface area contributed by atoms with Gasteiger partial charge >= 0.3 is 0 Å². The Morgan fingerprint density at radius 3 is 2.16 bits per heavy atom. The molecule has 1 heterocycles. The quantitative estimate of drug-likeness (QED) is 0.401. The van der Waals surface area contributed by atoms with E-state index in [0.717, 1.165) is 23.4 Å². The Morgan fingerprint density at radius 2 is 1.47 bits per heavy atom. The van der Waals surface area contributed by atoms with Crippen LogP contribution in [0.2, 0.25) is 0 Å². The molecule has 1 amide bonds. The van der Waals surface area contributed by atoms with Gasteiger partial charge in [0, 0.05) is 6.54 Å². The van der Waals surface area contributed by atoms with Crippen molar-refractivity contribution in [2.45, 2.75) is 13.2 Å². The first kappa shape index (κ1) is 21.1. The number of benzene rings is 3. The molecule has 3 aromatic carbocycles. The summed E-state index contributed by atoms with van der Waals surface area (Å²) in [6.07, 6.45) is 1.01. The molecule has 1 aromatic heterocycles. The van der Waals surface area contributed by atoms with Crippen LogP contribution >= 0.6 is 0 Å². The largest absolute Gasteiger partial charge is 0.489 e. The van der Waals surface area contributed by atoms with Gasteiger partial charge in [-0.05, 0) is 41.5 Å². The third-order valence-corrected chi connectivity index (χ3v) is 4.64. The van der Waals surface area contributed by atoms with Gasteiger partial charge in [-0.1, -0.05) is 60.7 Å². The maximum Gasteiger partial charge on any atom is 0.257 e. The van der Waals surface area contributed by atoms with E-state index in [2.05, 4.69) is 10.3 Å². The van der Waals surface area contributed by atoms with Gasteiger partial charge in [-0.25, -0.2) is 9.37 Å². The standard InChI is InChI=1S/C26H21FN2O3/c27-21-15-24(25(30)28-16-19-7-3-1-4-8-19)26(29-17-21)32-23-13-11-22(12-14-23)31-18-20-9-5-2-6-10-20/h1-15,17H,16,18H2,(H,28,30). The number of rotatable bonds is 8. The highest BCUT2D eigenvalue weighted by Gasteiger charge is 2.16. The number of halogens is 1. The fraction of sp³-hybridized carbons (Fsp3) is 0.0769. The second-order valence-corrected chi connectivity index (χ2v) is 7.02. The third-order valence-electron chi connectivity index (χ3n) is 4.64. The molecule has 0 unspecified atom stereocenters. The van der Waals surface area contributed by atoms with Crippen LogP contribution in [0.3, 0.4) is 0 Å². The number of ether oxygens (including phenoxy) is 2. The van der Waals surface area contributed by atoms with Crippen LogP contribution in [-0.4, -0.2) is 10.9 Å². The first-order valence-corrected chi connectivity index (χ1v) is 10.1. The first-order valence-electron chi connectivity index (χ1n) is 10.1. The molecule has 0 spiro atoms. The summed E-state index contributed by atoms with van der Waals surface area (Å²) >= 11 is 0. The average Bonchev–Trinajstić information content (AvgIpc) is 2.84. The van der Waals surface area contributed by atoms with Gasteiger partial charge in [0.2, 0.25) is 5.88 Å². The van der Waals surface area contributed by atoms with E-state index in [-0.39, 0.29) is 11.4 Å². The molecule has 0 aliphatic heterocycles. The van der Waals surface area contributed by atoms with Gasteiger partial charge in [0.1, 0.15) is 29.5 Å². The number of nitrogens with zero attached hydrogens (tertiary/aromatic N) is 1. The minimum Gasteiger partial charge on any atom is -0.489 e. The van der Waals surface area contributed by atoms with Gasteiger partial charge in [-0.3, -0.25) is 4.79 Å². The second-order valence-electron chi connectivity index (χ2n) is 7.02. The van der Waals surface area contributed by atoms with Crippen LogP contribution in [0.4, 0.5) is 4.39 Å². The molecular weight excluding hydrogens is 407 g/mol. The fourth-order valence-electron chi connectivity index (χ4n) is 3.00. The van der Waals surface area contributed by atoms with Crippen LogP contribution in [-0.2, 0) is 13.2 Å². The number of hydrogen-bond donors (Lipinski definition) is 1. The van der Waals surface area contributed by atoms with Crippen LogP contribution in [0.1, 0.15) is 21.5 Å². The third kappa shape index (κ3) is 5.70. The highest BCUT2D eigenvalue weighted by Crippen LogP contribution is 2.26. The molecule has 0 bridgehead atoms. The predicted molar refractivity (Wildman–Crippen MR) is 119 cm³/mol. The van der Waals surface area contributed by atoms with Crippen LogP contribution in [0, 0.1) is 5.82 Å². The van der Waals surface area contributed by atoms with Crippen molar-refractivity contribution in [3.05, 3.63) is 120 Å². The number of amides is 1. The van der Waals surface area contributed by atoms with E-state index in [1.54, 1.807) is 24.3 Å². The number of aromatic nitrogens is 1. The van der Waals surface area contributed by atoms with Crippen LogP contribution in [0.5, 0.6) is 17.4 Å². The Morgan fingerprint density at radius 1 is 0.844 bits per heavy atom. The minimum atomic E-state index is -0.619. The van der Waals surface area contributed by atoms with E-state index in [9.17, 15) is 9.18 Å². The zero-order valence-electron chi connectivity index (χ0n) is 17.2. The lowest BCUT2D eigenvalue weighted by Crippen LogP contribution is -2.23. The van der Waals surface area contributed by atoms with Gasteiger partial charge in [0.25, 0.3) is 5.91 Å². The SMILES string of the molecule is O=C(NCc1ccccc1)c1cc(F)cnc1Oc1ccc(OCc2ccccc2)cc1. The van der Waals surface area contributed by atoms with Crippen molar-refractivity contribution < 1.29 is 18.7 Å². The topological polar surface area (TPSA) is 60.5 Å². The summed E-state index contributed by atoms with van der Waals surface area (Å²) in [7, 11) is 0. The number of carbonyl (C=O) groups excluding carboxylic acids is 1. The van der Waals surface area contributed by atoms with Gasteiger partial charge in [-0.2, -0.15) is 0 Å². The number of carbonyl (C=O) groups is 1. The molecule has 0 radical (unpaired) electrons. The monoisotopic (exact) mass is 428 g/mol. The molecule has 0 fully saturated rings. The molecule has 0 aliphatic rings. The van der Waals surface area contributed by atoms with Crippen molar-refractivity contribution in [1.82, 2.24) is 10.3 Å². The molecule has 32 heavy (non-hydrogen) atoms. The Labute approximate surface area is 185 Å². The Bertz CT molecular complexity index is 1170. The molecule has 6 heteroatoms. The van der Waals surface area contributed by atoms with Crippen molar-refractivity contribution in [2.24, 2.45) is 0 Å². The maximum absolute atomic E-state index is 13.8. The minimum absolute atomic E-state index is 0.0188. The fourth-order valence-corrected chi connectivity index (χ4v) is 3.00. The molecule has 160 valence electrons. The molecule has 0 saturated heterocycles. The Balaban J connectivity index is 1.41. The van der Waals surface area contributed by atoms with Crippen molar-refractivity contribution in [2.75, 3.05) is 0 Å². The lowest BCUT2D eigenvalue weighted by Gasteiger charge is -2.12. The van der Waals surface area contributed by atoms with E-state index < -0.39 is 11.7 Å². The van der Waals surface area contributed by atoms with Gasteiger partial charge < -0.3 is 14.8 Å². The summed E-state index contributed by atoms with van der Waals surface area (Å²) in [6, 6.07) is 27.3. The summed E-state index contributed by atoms with van der Waals surface area (Å²) in [5.74, 6) is 0.0582. The van der Waals surface area contributed by atoms with E-state index >= 15 is 0 Å². The highest BCUT2D eigenvalue weighted by atomic mass is 19.1. The predicted octanol–water partition coefficient (Wildman–Crippen LogP) is 5.52. The van der Waals surface area contributed by atoms with E-state index in [0.29, 0.717) is 24.7 Å². The average molecular weight is 428 g/mol. The second kappa shape index (κ2) is 10.2. The van der Waals surface area contributed by atoms with Crippen LogP contribution in [0.15, 0.2) is 97.2 Å². The first-order chi connectivity index (χ1) is 15.7. The molecular formula is C26H21FN2O3. The van der Waals surface area contributed by atoms with E-state index in [1.807, 2.05) is 60.7 Å². The van der Waals surface area contributed by atoms with Crippen molar-refractivity contribution in [3.8, 4) is 17.4 Å². The van der Waals surface area contributed by atoms with E-state index in [1.165, 1.54) is 0 Å². The van der Waals surface area contributed by atoms with Crippen LogP contribution in [0.25, 0.3) is 0 Å². The van der Waals surface area contributed by atoms with Gasteiger partial charge in [0.15, 0.2) is 0 Å². The Hall–Kier alpha value is -4.19. The highest BCUT2D eigenvalue weighted by molar-refractivity contribution is 5.96. The zero-order chi connectivity index (χ0) is 22.2. The normalized spacial score (nSPS) is 10.4. The lowest BCUT2D eigenvalue weighted by atomic mass is 10.2. The summed E-state index contributed by atoms with van der Waals surface area (Å²) in [4.78, 5) is 16.6. The van der Waals surface area contributed by atoms with Crippen LogP contribution < -0.4 is 14.8 Å². The molecule has 4 rings (SSSR count). The number of pyridine rings is 1. The van der Waals surface area contributed by atoms with Gasteiger partial charge in [-0.15, -0.1) is 0 Å².